The highest BCUT2D eigenvalue weighted by Crippen LogP contribution is 2.36. The van der Waals surface area contributed by atoms with Crippen LogP contribution in [-0.2, 0) is 10.5 Å². The highest BCUT2D eigenvalue weighted by Gasteiger charge is 2.22. The van der Waals surface area contributed by atoms with Crippen molar-refractivity contribution < 1.29 is 4.79 Å². The lowest BCUT2D eigenvalue weighted by Gasteiger charge is -2.23. The van der Waals surface area contributed by atoms with Crippen molar-refractivity contribution in [3.8, 4) is 0 Å². The van der Waals surface area contributed by atoms with E-state index in [1.54, 1.807) is 34.9 Å². The number of rotatable bonds is 7. The molecule has 1 amide bonds. The van der Waals surface area contributed by atoms with Crippen molar-refractivity contribution in [2.24, 2.45) is 0 Å². The van der Waals surface area contributed by atoms with Gasteiger partial charge in [-0.3, -0.25) is 9.69 Å². The molecule has 0 unspecified atom stereocenters. The molecule has 0 aliphatic rings. The van der Waals surface area contributed by atoms with E-state index in [0.717, 1.165) is 32.0 Å². The molecule has 0 radical (unpaired) electrons. The van der Waals surface area contributed by atoms with E-state index in [-0.39, 0.29) is 5.91 Å². The zero-order valence-corrected chi connectivity index (χ0v) is 19.9. The van der Waals surface area contributed by atoms with Gasteiger partial charge in [0.2, 0.25) is 11.0 Å². The van der Waals surface area contributed by atoms with Crippen LogP contribution in [0.5, 0.6) is 0 Å². The summed E-state index contributed by atoms with van der Waals surface area (Å²) >= 11 is 4.63. The van der Waals surface area contributed by atoms with Gasteiger partial charge in [0.05, 0.1) is 11.4 Å². The first kappa shape index (κ1) is 21.7. The Labute approximate surface area is 183 Å². The number of hydrogen-bond acceptors (Lipinski definition) is 8. The Morgan fingerprint density at radius 3 is 2.52 bits per heavy atom. The molecule has 0 spiro atoms. The number of aryl methyl sites for hydroxylation is 3. The molecule has 154 valence electrons. The molecule has 1 N–H and O–H groups in total. The first-order valence-electron chi connectivity index (χ1n) is 9.30. The molecule has 0 saturated heterocycles. The molecule has 2 aromatic heterocycles. The van der Waals surface area contributed by atoms with Crippen LogP contribution in [0, 0.1) is 20.8 Å². The number of thiazole rings is 1. The summed E-state index contributed by atoms with van der Waals surface area (Å²) < 4.78 is 0.899. The molecule has 3 aromatic rings. The lowest BCUT2D eigenvalue weighted by atomic mass is 10.0. The van der Waals surface area contributed by atoms with Crippen molar-refractivity contribution in [2.45, 2.75) is 57.7 Å². The van der Waals surface area contributed by atoms with Gasteiger partial charge in [-0.05, 0) is 45.7 Å². The normalized spacial score (nSPS) is 11.1. The van der Waals surface area contributed by atoms with Crippen molar-refractivity contribution in [3.63, 3.8) is 0 Å². The van der Waals surface area contributed by atoms with E-state index >= 15 is 0 Å². The van der Waals surface area contributed by atoms with Gasteiger partial charge >= 0.3 is 0 Å². The number of thioether (sulfide) groups is 1. The predicted molar refractivity (Wildman–Crippen MR) is 124 cm³/mol. The summed E-state index contributed by atoms with van der Waals surface area (Å²) in [6.07, 6.45) is 0. The molecular weight excluding hydrogens is 422 g/mol. The van der Waals surface area contributed by atoms with E-state index < -0.39 is 0 Å². The topological polar surface area (TPSA) is 71.0 Å². The van der Waals surface area contributed by atoms with Gasteiger partial charge in [-0.2, -0.15) is 0 Å². The Morgan fingerprint density at radius 2 is 1.90 bits per heavy atom. The minimum atomic E-state index is -0.0397. The number of amides is 1. The van der Waals surface area contributed by atoms with E-state index in [9.17, 15) is 4.79 Å². The van der Waals surface area contributed by atoms with Crippen molar-refractivity contribution in [1.82, 2.24) is 15.2 Å². The van der Waals surface area contributed by atoms with Gasteiger partial charge in [-0.1, -0.05) is 40.8 Å². The maximum atomic E-state index is 12.5. The Kier molecular flexibility index (Phi) is 6.92. The number of carbonyl (C=O) groups is 1. The summed E-state index contributed by atoms with van der Waals surface area (Å²) in [5.41, 5.74) is 5.18. The summed E-state index contributed by atoms with van der Waals surface area (Å²) in [5.74, 6) is 0.645. The first-order chi connectivity index (χ1) is 13.7. The van der Waals surface area contributed by atoms with E-state index in [1.165, 1.54) is 16.9 Å². The largest absolute Gasteiger partial charge is 0.358 e. The zero-order valence-electron chi connectivity index (χ0n) is 17.4. The maximum absolute atomic E-state index is 12.5. The molecule has 6 nitrogen and oxygen atoms in total. The predicted octanol–water partition coefficient (Wildman–Crippen LogP) is 5.72. The fourth-order valence-electron chi connectivity index (χ4n) is 3.09. The van der Waals surface area contributed by atoms with Gasteiger partial charge in [-0.15, -0.1) is 21.5 Å². The fourth-order valence-corrected chi connectivity index (χ4v) is 5.86. The second kappa shape index (κ2) is 9.23. The third-order valence-corrected chi connectivity index (χ3v) is 6.96. The summed E-state index contributed by atoms with van der Waals surface area (Å²) in [6.45, 7) is 11.9. The zero-order chi connectivity index (χ0) is 21.1. The summed E-state index contributed by atoms with van der Waals surface area (Å²) in [5, 5.41) is 15.2. The fraction of sp³-hybridized carbons (Fsp3) is 0.400. The highest BCUT2D eigenvalue weighted by molar-refractivity contribution is 8.00. The van der Waals surface area contributed by atoms with Crippen LogP contribution >= 0.6 is 34.4 Å². The van der Waals surface area contributed by atoms with Crippen molar-refractivity contribution in [1.29, 1.82) is 0 Å². The Hall–Kier alpha value is -1.97. The van der Waals surface area contributed by atoms with E-state index in [0.29, 0.717) is 16.9 Å². The minimum absolute atomic E-state index is 0.0397. The molecule has 9 heteroatoms. The van der Waals surface area contributed by atoms with E-state index in [2.05, 4.69) is 48.4 Å². The lowest BCUT2D eigenvalue weighted by Crippen LogP contribution is -2.24. The maximum Gasteiger partial charge on any atom is 0.230 e. The Balaban J connectivity index is 1.77. The summed E-state index contributed by atoms with van der Waals surface area (Å²) in [7, 11) is 0. The van der Waals surface area contributed by atoms with Gasteiger partial charge < -0.3 is 5.32 Å². The van der Waals surface area contributed by atoms with Crippen LogP contribution in [-0.4, -0.2) is 27.1 Å². The molecule has 2 heterocycles. The third kappa shape index (κ3) is 5.34. The molecule has 0 saturated carbocycles. The molecule has 0 fully saturated rings. The molecule has 0 aliphatic carbocycles. The van der Waals surface area contributed by atoms with Gasteiger partial charge in [0, 0.05) is 24.1 Å². The van der Waals surface area contributed by atoms with Crippen LogP contribution in [0.25, 0.3) is 0 Å². The summed E-state index contributed by atoms with van der Waals surface area (Å²) in [6, 6.07) is 4.52. The van der Waals surface area contributed by atoms with Crippen LogP contribution in [0.2, 0.25) is 0 Å². The monoisotopic (exact) mass is 447 g/mol. The number of anilines is 3. The van der Waals surface area contributed by atoms with Crippen LogP contribution in [0.4, 0.5) is 16.0 Å². The third-order valence-electron chi connectivity index (χ3n) is 4.07. The average Bonchev–Trinajstić information content (AvgIpc) is 3.24. The highest BCUT2D eigenvalue weighted by atomic mass is 32.2. The molecular formula is C20H25N5OS3. The van der Waals surface area contributed by atoms with Gasteiger partial charge in [0.25, 0.3) is 0 Å². The number of hydrogen-bond donors (Lipinski definition) is 1. The Bertz CT molecular complexity index is 988. The standard InChI is InChI=1S/C20H25N5OS3/c1-11(2)21-18-23-24-20(29-18)28-10-16-9-27-19(22-16)25(15(6)26)17-13(4)7-12(3)8-14(17)5/h7-9,11H,10H2,1-6H3,(H,21,23). The average molecular weight is 448 g/mol. The molecule has 29 heavy (non-hydrogen) atoms. The minimum Gasteiger partial charge on any atom is -0.358 e. The molecule has 0 aliphatic heterocycles. The van der Waals surface area contributed by atoms with Crippen molar-refractivity contribution in [2.75, 3.05) is 10.2 Å². The summed E-state index contributed by atoms with van der Waals surface area (Å²) in [4.78, 5) is 18.9. The smallest absolute Gasteiger partial charge is 0.230 e. The number of aromatic nitrogens is 3. The van der Waals surface area contributed by atoms with Crippen molar-refractivity contribution >= 4 is 56.3 Å². The number of carbonyl (C=O) groups excluding carboxylic acids is 1. The molecule has 0 bridgehead atoms. The van der Waals surface area contributed by atoms with Crippen molar-refractivity contribution in [3.05, 3.63) is 39.9 Å². The van der Waals surface area contributed by atoms with Crippen LogP contribution in [0.3, 0.4) is 0 Å². The molecule has 3 rings (SSSR count). The second-order valence-corrected chi connectivity index (χ2v) is 10.2. The van der Waals surface area contributed by atoms with Crippen LogP contribution in [0.1, 0.15) is 43.2 Å². The van der Waals surface area contributed by atoms with Crippen LogP contribution in [0.15, 0.2) is 21.9 Å². The van der Waals surface area contributed by atoms with E-state index in [1.807, 2.05) is 19.2 Å². The Morgan fingerprint density at radius 1 is 1.21 bits per heavy atom. The van der Waals surface area contributed by atoms with E-state index in [4.69, 9.17) is 4.98 Å². The second-order valence-electron chi connectivity index (χ2n) is 7.18. The van der Waals surface area contributed by atoms with Gasteiger partial charge in [0.15, 0.2) is 9.47 Å². The number of benzene rings is 1. The van der Waals surface area contributed by atoms with Gasteiger partial charge in [-0.25, -0.2) is 4.98 Å². The molecule has 0 atom stereocenters. The number of nitrogens with one attached hydrogen (secondary N) is 1. The SMILES string of the molecule is CC(=O)N(c1nc(CSc2nnc(NC(C)C)s2)cs1)c1c(C)cc(C)cc1C. The van der Waals surface area contributed by atoms with Gasteiger partial charge in [0.1, 0.15) is 0 Å². The first-order valence-corrected chi connectivity index (χ1v) is 12.0. The van der Waals surface area contributed by atoms with Crippen LogP contribution < -0.4 is 10.2 Å². The lowest BCUT2D eigenvalue weighted by molar-refractivity contribution is -0.115. The number of nitrogens with zero attached hydrogens (tertiary/aromatic N) is 4. The quantitative estimate of drug-likeness (QED) is 0.467. The molecule has 1 aromatic carbocycles.